The van der Waals surface area contributed by atoms with Gasteiger partial charge in [-0.25, -0.2) is 0 Å². The highest BCUT2D eigenvalue weighted by Gasteiger charge is 2.10. The first kappa shape index (κ1) is 20.3. The second-order valence-corrected chi connectivity index (χ2v) is 6.42. The van der Waals surface area contributed by atoms with Gasteiger partial charge in [0.2, 0.25) is 0 Å². The van der Waals surface area contributed by atoms with Crippen molar-refractivity contribution in [1.82, 2.24) is 25.3 Å². The Labute approximate surface area is 170 Å². The molecule has 0 aliphatic rings. The van der Waals surface area contributed by atoms with Crippen LogP contribution >= 0.6 is 0 Å². The Balaban J connectivity index is 1.59. The maximum atomic E-state index is 5.29. The van der Waals surface area contributed by atoms with Crippen LogP contribution in [0.2, 0.25) is 0 Å². The van der Waals surface area contributed by atoms with Crippen LogP contribution in [0.25, 0.3) is 11.6 Å². The highest BCUT2D eigenvalue weighted by molar-refractivity contribution is 5.79. The summed E-state index contributed by atoms with van der Waals surface area (Å²) < 4.78 is 10.5. The Hall–Kier alpha value is -3.42. The number of aromatic nitrogens is 3. The zero-order chi connectivity index (χ0) is 20.5. The number of aliphatic imine (C=N–C) groups is 1. The molecule has 3 aromatic rings. The number of nitrogens with one attached hydrogen (secondary N) is 1. The van der Waals surface area contributed by atoms with Crippen LogP contribution in [0.15, 0.2) is 58.2 Å². The summed E-state index contributed by atoms with van der Waals surface area (Å²) in [5, 5.41) is 7.34. The molecule has 0 radical (unpaired) electrons. The fraction of sp³-hybridized carbons (Fsp3) is 0.333. The lowest BCUT2D eigenvalue weighted by atomic mass is 10.2. The number of rotatable bonds is 8. The second kappa shape index (κ2) is 10.2. The van der Waals surface area contributed by atoms with Crippen molar-refractivity contribution >= 4 is 5.96 Å². The van der Waals surface area contributed by atoms with Gasteiger partial charge in [0.15, 0.2) is 11.8 Å². The van der Waals surface area contributed by atoms with E-state index in [0.717, 1.165) is 24.8 Å². The SMILES string of the molecule is CCNC(=NCCc1noc(-c2ccccn2)n1)N(C)Cc1ccc(OC)cc1. The van der Waals surface area contributed by atoms with Gasteiger partial charge in [0.05, 0.1) is 7.11 Å². The van der Waals surface area contributed by atoms with Crippen LogP contribution in [-0.2, 0) is 13.0 Å². The molecule has 1 aromatic carbocycles. The minimum Gasteiger partial charge on any atom is -0.497 e. The molecule has 0 atom stereocenters. The van der Waals surface area contributed by atoms with Gasteiger partial charge in [-0.2, -0.15) is 4.98 Å². The first-order valence-corrected chi connectivity index (χ1v) is 9.56. The standard InChI is InChI=1S/C21H26N6O2/c1-4-22-21(27(2)15-16-8-10-17(28-3)11-9-16)24-14-12-19-25-20(29-26-19)18-7-5-6-13-23-18/h5-11,13H,4,12,14-15H2,1-3H3,(H,22,24). The zero-order valence-electron chi connectivity index (χ0n) is 17.0. The molecule has 0 unspecified atom stereocenters. The number of ether oxygens (including phenoxy) is 1. The van der Waals surface area contributed by atoms with Crippen molar-refractivity contribution in [3.63, 3.8) is 0 Å². The summed E-state index contributed by atoms with van der Waals surface area (Å²) in [6.07, 6.45) is 2.28. The van der Waals surface area contributed by atoms with Crippen molar-refractivity contribution in [2.75, 3.05) is 27.2 Å². The van der Waals surface area contributed by atoms with E-state index in [1.165, 1.54) is 5.56 Å². The molecule has 2 heterocycles. The molecule has 0 spiro atoms. The molecule has 3 rings (SSSR count). The second-order valence-electron chi connectivity index (χ2n) is 6.42. The summed E-state index contributed by atoms with van der Waals surface area (Å²) in [5.41, 5.74) is 1.85. The minimum absolute atomic E-state index is 0.424. The summed E-state index contributed by atoms with van der Waals surface area (Å²) in [6.45, 7) is 4.13. The molecule has 0 aliphatic heterocycles. The van der Waals surface area contributed by atoms with Crippen LogP contribution in [0, 0.1) is 0 Å². The van der Waals surface area contributed by atoms with E-state index in [2.05, 4.69) is 44.4 Å². The Morgan fingerprint density at radius 1 is 1.21 bits per heavy atom. The van der Waals surface area contributed by atoms with Crippen molar-refractivity contribution in [2.45, 2.75) is 19.9 Å². The van der Waals surface area contributed by atoms with Gasteiger partial charge < -0.3 is 19.5 Å². The zero-order valence-corrected chi connectivity index (χ0v) is 17.0. The molecular formula is C21H26N6O2. The molecule has 0 amide bonds. The van der Waals surface area contributed by atoms with E-state index in [0.29, 0.717) is 30.4 Å². The monoisotopic (exact) mass is 394 g/mol. The van der Waals surface area contributed by atoms with Crippen LogP contribution in [-0.4, -0.2) is 53.2 Å². The normalized spacial score (nSPS) is 11.3. The fourth-order valence-electron chi connectivity index (χ4n) is 2.76. The summed E-state index contributed by atoms with van der Waals surface area (Å²) in [6, 6.07) is 13.6. The van der Waals surface area contributed by atoms with Crippen LogP contribution in [0.1, 0.15) is 18.3 Å². The molecule has 29 heavy (non-hydrogen) atoms. The van der Waals surface area contributed by atoms with E-state index in [1.54, 1.807) is 13.3 Å². The Morgan fingerprint density at radius 2 is 2.03 bits per heavy atom. The van der Waals surface area contributed by atoms with Crippen LogP contribution < -0.4 is 10.1 Å². The van der Waals surface area contributed by atoms with E-state index in [1.807, 2.05) is 37.4 Å². The molecule has 0 saturated heterocycles. The lowest BCUT2D eigenvalue weighted by Gasteiger charge is -2.22. The Kier molecular flexibility index (Phi) is 7.16. The summed E-state index contributed by atoms with van der Waals surface area (Å²) in [4.78, 5) is 15.4. The molecule has 0 aliphatic carbocycles. The molecule has 152 valence electrons. The number of hydrogen-bond donors (Lipinski definition) is 1. The van der Waals surface area contributed by atoms with Gasteiger partial charge in [-0.15, -0.1) is 0 Å². The van der Waals surface area contributed by atoms with Crippen LogP contribution in [0.5, 0.6) is 5.75 Å². The summed E-state index contributed by atoms with van der Waals surface area (Å²) >= 11 is 0. The number of benzene rings is 1. The van der Waals surface area contributed by atoms with E-state index in [4.69, 9.17) is 14.3 Å². The maximum absolute atomic E-state index is 5.29. The smallest absolute Gasteiger partial charge is 0.276 e. The van der Waals surface area contributed by atoms with E-state index >= 15 is 0 Å². The summed E-state index contributed by atoms with van der Waals surface area (Å²) in [5.74, 6) is 2.72. The molecule has 2 aromatic heterocycles. The molecule has 0 fully saturated rings. The molecule has 0 bridgehead atoms. The van der Waals surface area contributed by atoms with Crippen molar-refractivity contribution in [3.05, 3.63) is 60.0 Å². The largest absolute Gasteiger partial charge is 0.497 e. The van der Waals surface area contributed by atoms with E-state index in [-0.39, 0.29) is 0 Å². The molecule has 8 nitrogen and oxygen atoms in total. The van der Waals surface area contributed by atoms with Gasteiger partial charge in [0.25, 0.3) is 5.89 Å². The third-order valence-electron chi connectivity index (χ3n) is 4.22. The lowest BCUT2D eigenvalue weighted by molar-refractivity contribution is 0.414. The van der Waals surface area contributed by atoms with Crippen LogP contribution in [0.3, 0.4) is 0 Å². The number of nitrogens with zero attached hydrogens (tertiary/aromatic N) is 5. The number of guanidine groups is 1. The van der Waals surface area contributed by atoms with E-state index < -0.39 is 0 Å². The maximum Gasteiger partial charge on any atom is 0.276 e. The predicted molar refractivity (Wildman–Crippen MR) is 112 cm³/mol. The Morgan fingerprint density at radius 3 is 2.72 bits per heavy atom. The lowest BCUT2D eigenvalue weighted by Crippen LogP contribution is -2.38. The van der Waals surface area contributed by atoms with Crippen molar-refractivity contribution in [2.24, 2.45) is 4.99 Å². The van der Waals surface area contributed by atoms with Crippen molar-refractivity contribution in [1.29, 1.82) is 0 Å². The van der Waals surface area contributed by atoms with Gasteiger partial charge in [0, 0.05) is 39.3 Å². The summed E-state index contributed by atoms with van der Waals surface area (Å²) in [7, 11) is 3.68. The van der Waals surface area contributed by atoms with E-state index in [9.17, 15) is 0 Å². The van der Waals surface area contributed by atoms with Crippen molar-refractivity contribution < 1.29 is 9.26 Å². The third kappa shape index (κ3) is 5.78. The first-order chi connectivity index (χ1) is 14.2. The topological polar surface area (TPSA) is 88.7 Å². The first-order valence-electron chi connectivity index (χ1n) is 9.56. The number of methoxy groups -OCH3 is 1. The highest BCUT2D eigenvalue weighted by Crippen LogP contribution is 2.14. The molecular weight excluding hydrogens is 368 g/mol. The molecule has 1 N–H and O–H groups in total. The highest BCUT2D eigenvalue weighted by atomic mass is 16.5. The molecule has 0 saturated carbocycles. The third-order valence-corrected chi connectivity index (χ3v) is 4.22. The van der Waals surface area contributed by atoms with Gasteiger partial charge in [-0.05, 0) is 36.8 Å². The average molecular weight is 394 g/mol. The van der Waals surface area contributed by atoms with Gasteiger partial charge in [-0.1, -0.05) is 23.4 Å². The molecule has 8 heteroatoms. The fourth-order valence-corrected chi connectivity index (χ4v) is 2.76. The number of hydrogen-bond acceptors (Lipinski definition) is 6. The van der Waals surface area contributed by atoms with Gasteiger partial charge >= 0.3 is 0 Å². The average Bonchev–Trinajstić information content (AvgIpc) is 3.23. The van der Waals surface area contributed by atoms with Crippen molar-refractivity contribution in [3.8, 4) is 17.3 Å². The van der Waals surface area contributed by atoms with Gasteiger partial charge in [-0.3, -0.25) is 9.98 Å². The minimum atomic E-state index is 0.424. The Bertz CT molecular complexity index is 908. The quantitative estimate of drug-likeness (QED) is 0.464. The predicted octanol–water partition coefficient (Wildman–Crippen LogP) is 2.78. The van der Waals surface area contributed by atoms with Gasteiger partial charge in [0.1, 0.15) is 11.4 Å². The van der Waals surface area contributed by atoms with Crippen LogP contribution in [0.4, 0.5) is 0 Å². The number of pyridine rings is 1.